The van der Waals surface area contributed by atoms with E-state index in [9.17, 15) is 23.1 Å². The minimum absolute atomic E-state index is 0.0571. The number of ether oxygens (including phenoxy) is 1. The highest BCUT2D eigenvalue weighted by molar-refractivity contribution is 7.09. The van der Waals surface area contributed by atoms with Gasteiger partial charge >= 0.3 is 6.18 Å². The molecule has 24 heavy (non-hydrogen) atoms. The Morgan fingerprint density at radius 1 is 1.38 bits per heavy atom. The van der Waals surface area contributed by atoms with Gasteiger partial charge in [0.05, 0.1) is 5.97 Å². The number of benzene rings is 1. The normalized spacial score (nSPS) is 17.0. The molecule has 126 valence electrons. The third-order valence-corrected chi connectivity index (χ3v) is 4.72. The van der Waals surface area contributed by atoms with E-state index in [0.717, 1.165) is 11.0 Å². The summed E-state index contributed by atoms with van der Waals surface area (Å²) in [6.07, 6.45) is -6.09. The van der Waals surface area contributed by atoms with E-state index in [4.69, 9.17) is 16.3 Å². The van der Waals surface area contributed by atoms with Crippen LogP contribution in [0.3, 0.4) is 0 Å². The quantitative estimate of drug-likeness (QED) is 0.828. The number of alkyl halides is 3. The van der Waals surface area contributed by atoms with Crippen LogP contribution in [0.25, 0.3) is 6.08 Å². The predicted octanol–water partition coefficient (Wildman–Crippen LogP) is 3.45. The van der Waals surface area contributed by atoms with Crippen molar-refractivity contribution in [2.45, 2.75) is 18.7 Å². The van der Waals surface area contributed by atoms with Gasteiger partial charge in [-0.3, -0.25) is 0 Å². The van der Waals surface area contributed by atoms with Gasteiger partial charge in [0.25, 0.3) is 0 Å². The summed E-state index contributed by atoms with van der Waals surface area (Å²) in [4.78, 5) is 12.0. The molecule has 0 fully saturated rings. The number of halogens is 4. The van der Waals surface area contributed by atoms with E-state index in [-0.39, 0.29) is 11.3 Å². The second-order valence-corrected chi connectivity index (χ2v) is 6.60. The average Bonchev–Trinajstić information content (AvgIpc) is 2.98. The van der Waals surface area contributed by atoms with Crippen LogP contribution in [0.1, 0.15) is 16.0 Å². The maximum absolute atomic E-state index is 13.0. The number of carbonyl (C=O) groups is 1. The second kappa shape index (κ2) is 6.14. The van der Waals surface area contributed by atoms with E-state index >= 15 is 0 Å². The van der Waals surface area contributed by atoms with Gasteiger partial charge in [-0.15, -0.1) is 11.3 Å². The van der Waals surface area contributed by atoms with Crippen molar-refractivity contribution in [3.8, 4) is 5.75 Å². The molecule has 1 aliphatic rings. The molecule has 2 heterocycles. The first-order valence-corrected chi connectivity index (χ1v) is 8.02. The Bertz CT molecular complexity index is 813. The molecule has 1 aliphatic heterocycles. The predicted molar refractivity (Wildman–Crippen MR) is 82.0 cm³/mol. The van der Waals surface area contributed by atoms with Crippen molar-refractivity contribution in [2.75, 3.05) is 0 Å². The molecule has 0 N–H and O–H groups in total. The topological polar surface area (TPSA) is 49.4 Å². The highest BCUT2D eigenvalue weighted by Gasteiger charge is 2.46. The first kappa shape index (κ1) is 16.9. The number of fused-ring (bicyclic) bond motifs is 1. The fourth-order valence-electron chi connectivity index (χ4n) is 2.40. The molecule has 3 rings (SSSR count). The Labute approximate surface area is 143 Å². The van der Waals surface area contributed by atoms with E-state index < -0.39 is 23.8 Å². The number of thiophene rings is 1. The minimum Gasteiger partial charge on any atom is -0.545 e. The largest absolute Gasteiger partial charge is 0.545 e. The zero-order valence-corrected chi connectivity index (χ0v) is 13.5. The zero-order chi connectivity index (χ0) is 17.5. The first-order chi connectivity index (χ1) is 11.3. The van der Waals surface area contributed by atoms with Gasteiger partial charge < -0.3 is 14.6 Å². The van der Waals surface area contributed by atoms with Crippen LogP contribution >= 0.6 is 22.9 Å². The molecular formula is C16H9ClF3O3S-. The van der Waals surface area contributed by atoms with Gasteiger partial charge in [-0.05, 0) is 35.2 Å². The Hall–Kier alpha value is -1.99. The highest BCUT2D eigenvalue weighted by atomic mass is 35.5. The van der Waals surface area contributed by atoms with E-state index in [1.165, 1.54) is 23.5 Å². The minimum atomic E-state index is -4.86. The Morgan fingerprint density at radius 3 is 2.71 bits per heavy atom. The SMILES string of the molecule is O=C([O-])C1=Cc2cc(Cl)c(Cc3cccs3)cc2OC1C(F)(F)F. The van der Waals surface area contributed by atoms with E-state index in [1.807, 2.05) is 17.5 Å². The summed E-state index contributed by atoms with van der Waals surface area (Å²) in [6.45, 7) is 0. The van der Waals surface area contributed by atoms with E-state index in [2.05, 4.69) is 0 Å². The smallest absolute Gasteiger partial charge is 0.429 e. The Kier molecular flexibility index (Phi) is 4.31. The summed E-state index contributed by atoms with van der Waals surface area (Å²) < 4.78 is 44.1. The number of carboxylic acids is 1. The number of hydrogen-bond acceptors (Lipinski definition) is 4. The fraction of sp³-hybridized carbons (Fsp3) is 0.188. The van der Waals surface area contributed by atoms with Crippen LogP contribution in [0.15, 0.2) is 35.2 Å². The summed E-state index contributed by atoms with van der Waals surface area (Å²) in [5.41, 5.74) is -0.198. The van der Waals surface area contributed by atoms with Gasteiger partial charge in [0.2, 0.25) is 6.10 Å². The van der Waals surface area contributed by atoms with Gasteiger partial charge in [-0.25, -0.2) is 0 Å². The monoisotopic (exact) mass is 373 g/mol. The van der Waals surface area contributed by atoms with Gasteiger partial charge in [-0.1, -0.05) is 17.7 Å². The molecule has 0 bridgehead atoms. The van der Waals surface area contributed by atoms with Crippen LogP contribution in [0, 0.1) is 0 Å². The van der Waals surface area contributed by atoms with Crippen molar-refractivity contribution in [1.82, 2.24) is 0 Å². The van der Waals surface area contributed by atoms with Crippen molar-refractivity contribution in [2.24, 2.45) is 0 Å². The molecule has 0 aliphatic carbocycles. The molecule has 1 unspecified atom stereocenters. The van der Waals surface area contributed by atoms with Crippen LogP contribution in [0.5, 0.6) is 5.75 Å². The summed E-state index contributed by atoms with van der Waals surface area (Å²) >= 11 is 7.66. The zero-order valence-electron chi connectivity index (χ0n) is 11.9. The summed E-state index contributed by atoms with van der Waals surface area (Å²) in [6, 6.07) is 6.55. The van der Waals surface area contributed by atoms with Crippen LogP contribution in [-0.4, -0.2) is 18.2 Å². The number of carboxylic acid groups (broad SMARTS) is 1. The molecule has 0 spiro atoms. The summed E-state index contributed by atoms with van der Waals surface area (Å²) in [5.74, 6) is -1.99. The molecule has 0 radical (unpaired) electrons. The van der Waals surface area contributed by atoms with Crippen LogP contribution in [0.4, 0.5) is 13.2 Å². The maximum atomic E-state index is 13.0. The summed E-state index contributed by atoms with van der Waals surface area (Å²) in [5, 5.41) is 13.2. The molecule has 1 atom stereocenters. The van der Waals surface area contributed by atoms with Crippen molar-refractivity contribution in [1.29, 1.82) is 0 Å². The molecule has 8 heteroatoms. The van der Waals surface area contributed by atoms with Crippen molar-refractivity contribution in [3.63, 3.8) is 0 Å². The number of rotatable bonds is 3. The Morgan fingerprint density at radius 2 is 2.12 bits per heavy atom. The third kappa shape index (κ3) is 3.27. The lowest BCUT2D eigenvalue weighted by Crippen LogP contribution is -2.44. The van der Waals surface area contributed by atoms with Gasteiger partial charge in [-0.2, -0.15) is 13.2 Å². The van der Waals surface area contributed by atoms with Gasteiger partial charge in [0.1, 0.15) is 5.75 Å². The molecule has 0 amide bonds. The lowest BCUT2D eigenvalue weighted by atomic mass is 9.99. The molecule has 0 saturated heterocycles. The highest BCUT2D eigenvalue weighted by Crippen LogP contribution is 2.39. The second-order valence-electron chi connectivity index (χ2n) is 5.16. The van der Waals surface area contributed by atoms with Crippen molar-refractivity contribution in [3.05, 3.63) is 56.2 Å². The molecule has 1 aromatic heterocycles. The summed E-state index contributed by atoms with van der Waals surface area (Å²) in [7, 11) is 0. The number of aliphatic carboxylic acids is 1. The molecular weight excluding hydrogens is 365 g/mol. The van der Waals surface area contributed by atoms with Crippen molar-refractivity contribution >= 4 is 35.0 Å². The van der Waals surface area contributed by atoms with Crippen LogP contribution < -0.4 is 9.84 Å². The maximum Gasteiger partial charge on any atom is 0.429 e. The van der Waals surface area contributed by atoms with Gasteiger partial charge in [0.15, 0.2) is 0 Å². The Balaban J connectivity index is 2.03. The molecule has 1 aromatic carbocycles. The van der Waals surface area contributed by atoms with Crippen LogP contribution in [0.2, 0.25) is 5.02 Å². The number of carbonyl (C=O) groups excluding carboxylic acids is 1. The lowest BCUT2D eigenvalue weighted by molar-refractivity contribution is -0.302. The fourth-order valence-corrected chi connectivity index (χ4v) is 3.37. The molecule has 3 nitrogen and oxygen atoms in total. The standard InChI is InChI=1S/C16H10ClF3O3S/c17-12-6-9-5-11(15(21)22)14(16(18,19)20)23-13(9)7-8(12)4-10-2-1-3-24-10/h1-3,5-7,14H,4H2,(H,21,22)/p-1. The van der Waals surface area contributed by atoms with Crippen LogP contribution in [-0.2, 0) is 11.2 Å². The van der Waals surface area contributed by atoms with Gasteiger partial charge in [0, 0.05) is 27.5 Å². The first-order valence-electron chi connectivity index (χ1n) is 6.77. The average molecular weight is 374 g/mol. The number of hydrogen-bond donors (Lipinski definition) is 0. The third-order valence-electron chi connectivity index (χ3n) is 3.49. The van der Waals surface area contributed by atoms with E-state index in [1.54, 1.807) is 0 Å². The molecule has 0 saturated carbocycles. The molecule has 2 aromatic rings. The lowest BCUT2D eigenvalue weighted by Gasteiger charge is -2.29. The van der Waals surface area contributed by atoms with E-state index in [0.29, 0.717) is 17.0 Å². The van der Waals surface area contributed by atoms with Crippen molar-refractivity contribution < 1.29 is 27.8 Å².